The molecule has 1 fully saturated rings. The quantitative estimate of drug-likeness (QED) is 0.689. The van der Waals surface area contributed by atoms with Crippen molar-refractivity contribution in [2.75, 3.05) is 0 Å². The van der Waals surface area contributed by atoms with Gasteiger partial charge in [0.05, 0.1) is 0 Å². The van der Waals surface area contributed by atoms with Crippen molar-refractivity contribution in [3.05, 3.63) is 59.4 Å². The van der Waals surface area contributed by atoms with Gasteiger partial charge in [-0.1, -0.05) is 31.0 Å². The van der Waals surface area contributed by atoms with Crippen LogP contribution in [0.5, 0.6) is 0 Å². The lowest BCUT2D eigenvalue weighted by molar-refractivity contribution is -0.117. The number of hydrogen-bond acceptors (Lipinski definition) is 2. The van der Waals surface area contributed by atoms with Crippen LogP contribution in [0, 0.1) is 18.3 Å². The first kappa shape index (κ1) is 16.1. The summed E-state index contributed by atoms with van der Waals surface area (Å²) in [6.45, 7) is 2.04. The Bertz CT molecular complexity index is 804. The second kappa shape index (κ2) is 7.18. The predicted octanol–water partition coefficient (Wildman–Crippen LogP) is 3.75. The first-order chi connectivity index (χ1) is 11.7. The summed E-state index contributed by atoms with van der Waals surface area (Å²) in [5, 5.41) is 12.4. The maximum atomic E-state index is 12.4. The molecule has 1 aromatic heterocycles. The van der Waals surface area contributed by atoms with E-state index in [1.165, 1.54) is 0 Å². The maximum Gasteiger partial charge on any atom is 0.262 e. The summed E-state index contributed by atoms with van der Waals surface area (Å²) >= 11 is 0. The van der Waals surface area contributed by atoms with Gasteiger partial charge in [-0.15, -0.1) is 0 Å². The van der Waals surface area contributed by atoms with Crippen molar-refractivity contribution in [1.29, 1.82) is 5.26 Å². The van der Waals surface area contributed by atoms with Gasteiger partial charge in [0.25, 0.3) is 5.91 Å². The Balaban J connectivity index is 1.87. The number of carbonyl (C=O) groups excluding carboxylic acids is 1. The molecule has 0 atom stereocenters. The van der Waals surface area contributed by atoms with Gasteiger partial charge in [0.1, 0.15) is 11.6 Å². The van der Waals surface area contributed by atoms with Gasteiger partial charge in [-0.3, -0.25) is 4.79 Å². The third-order valence-corrected chi connectivity index (χ3v) is 4.50. The molecular weight excluding hydrogens is 298 g/mol. The zero-order chi connectivity index (χ0) is 16.9. The van der Waals surface area contributed by atoms with Gasteiger partial charge in [0.15, 0.2) is 0 Å². The smallest absolute Gasteiger partial charge is 0.262 e. The van der Waals surface area contributed by atoms with Crippen molar-refractivity contribution in [2.45, 2.75) is 38.6 Å². The number of aryl methyl sites for hydroxylation is 1. The zero-order valence-electron chi connectivity index (χ0n) is 13.8. The van der Waals surface area contributed by atoms with E-state index in [9.17, 15) is 10.1 Å². The second-order valence-corrected chi connectivity index (χ2v) is 6.21. The third-order valence-electron chi connectivity index (χ3n) is 4.50. The summed E-state index contributed by atoms with van der Waals surface area (Å²) in [5.74, 6) is -0.276. The molecule has 1 amide bonds. The molecule has 4 nitrogen and oxygen atoms in total. The van der Waals surface area contributed by atoms with Crippen LogP contribution in [0.15, 0.2) is 48.2 Å². The standard InChI is InChI=1S/C20H21N3O/c1-15-7-2-5-11-19(15)23-12-6-10-18(23)13-16(14-21)20(24)22-17-8-3-4-9-17/h2,5-7,10-13,17H,3-4,8-9H2,1H3,(H,22,24)/b16-13-. The molecule has 0 saturated heterocycles. The van der Waals surface area contributed by atoms with Gasteiger partial charge in [0.2, 0.25) is 0 Å². The fourth-order valence-electron chi connectivity index (χ4n) is 3.19. The van der Waals surface area contributed by atoms with E-state index < -0.39 is 0 Å². The van der Waals surface area contributed by atoms with Gasteiger partial charge in [-0.2, -0.15) is 5.26 Å². The molecule has 0 bridgehead atoms. The van der Waals surface area contributed by atoms with Crippen molar-refractivity contribution in [1.82, 2.24) is 9.88 Å². The summed E-state index contributed by atoms with van der Waals surface area (Å²) in [5.41, 5.74) is 3.15. The molecule has 3 rings (SSSR count). The molecular formula is C20H21N3O. The first-order valence-corrected chi connectivity index (χ1v) is 8.35. The predicted molar refractivity (Wildman–Crippen MR) is 94.5 cm³/mol. The molecule has 1 saturated carbocycles. The number of aromatic nitrogens is 1. The highest BCUT2D eigenvalue weighted by molar-refractivity contribution is 6.01. The van der Waals surface area contributed by atoms with Crippen LogP contribution in [-0.4, -0.2) is 16.5 Å². The minimum atomic E-state index is -0.276. The third kappa shape index (κ3) is 3.41. The summed E-state index contributed by atoms with van der Waals surface area (Å²) < 4.78 is 2.00. The van der Waals surface area contributed by atoms with E-state index >= 15 is 0 Å². The van der Waals surface area contributed by atoms with E-state index in [1.807, 2.05) is 60.2 Å². The average Bonchev–Trinajstić information content (AvgIpc) is 3.24. The van der Waals surface area contributed by atoms with Crippen molar-refractivity contribution >= 4 is 12.0 Å². The lowest BCUT2D eigenvalue weighted by Crippen LogP contribution is -2.33. The van der Waals surface area contributed by atoms with E-state index in [4.69, 9.17) is 0 Å². The molecule has 0 unspecified atom stereocenters. The zero-order valence-corrected chi connectivity index (χ0v) is 13.8. The number of para-hydroxylation sites is 1. The van der Waals surface area contributed by atoms with Gasteiger partial charge >= 0.3 is 0 Å². The highest BCUT2D eigenvalue weighted by atomic mass is 16.1. The van der Waals surface area contributed by atoms with Crippen LogP contribution < -0.4 is 5.32 Å². The van der Waals surface area contributed by atoms with Crippen molar-refractivity contribution in [3.63, 3.8) is 0 Å². The van der Waals surface area contributed by atoms with Crippen molar-refractivity contribution in [2.24, 2.45) is 0 Å². The van der Waals surface area contributed by atoms with Gasteiger partial charge < -0.3 is 9.88 Å². The summed E-state index contributed by atoms with van der Waals surface area (Å²) in [6, 6.07) is 14.1. The monoisotopic (exact) mass is 319 g/mol. The van der Waals surface area contributed by atoms with Crippen molar-refractivity contribution in [3.8, 4) is 11.8 Å². The molecule has 1 N–H and O–H groups in total. The summed E-state index contributed by atoms with van der Waals surface area (Å²) in [7, 11) is 0. The van der Waals surface area contributed by atoms with Crippen LogP contribution in [0.2, 0.25) is 0 Å². The highest BCUT2D eigenvalue weighted by Crippen LogP contribution is 2.20. The number of benzene rings is 1. The number of nitriles is 1. The molecule has 0 radical (unpaired) electrons. The minimum Gasteiger partial charge on any atom is -0.349 e. The fourth-order valence-corrected chi connectivity index (χ4v) is 3.19. The number of hydrogen-bond donors (Lipinski definition) is 1. The highest BCUT2D eigenvalue weighted by Gasteiger charge is 2.19. The Morgan fingerprint density at radius 1 is 1.25 bits per heavy atom. The molecule has 1 aromatic carbocycles. The molecule has 1 aliphatic rings. The minimum absolute atomic E-state index is 0.149. The Labute approximate surface area is 142 Å². The molecule has 1 aliphatic carbocycles. The number of amides is 1. The molecule has 1 heterocycles. The van der Waals surface area contributed by atoms with Crippen LogP contribution in [0.3, 0.4) is 0 Å². The maximum absolute atomic E-state index is 12.4. The van der Waals surface area contributed by atoms with E-state index in [0.29, 0.717) is 0 Å². The van der Waals surface area contributed by atoms with Crippen molar-refractivity contribution < 1.29 is 4.79 Å². The second-order valence-electron chi connectivity index (χ2n) is 6.21. The first-order valence-electron chi connectivity index (χ1n) is 8.35. The average molecular weight is 319 g/mol. The molecule has 0 aliphatic heterocycles. The molecule has 122 valence electrons. The van der Waals surface area contributed by atoms with Gasteiger partial charge in [-0.25, -0.2) is 0 Å². The SMILES string of the molecule is Cc1ccccc1-n1cccc1/C=C(/C#N)C(=O)NC1CCCC1. The number of nitrogens with zero attached hydrogens (tertiary/aromatic N) is 2. The van der Waals surface area contributed by atoms with Crippen LogP contribution in [0.25, 0.3) is 11.8 Å². The normalized spacial score (nSPS) is 15.2. The molecule has 0 spiro atoms. The van der Waals surface area contributed by atoms with Crippen LogP contribution in [-0.2, 0) is 4.79 Å². The van der Waals surface area contributed by atoms with E-state index in [1.54, 1.807) is 6.08 Å². The largest absolute Gasteiger partial charge is 0.349 e. The van der Waals surface area contributed by atoms with Gasteiger partial charge in [0, 0.05) is 23.6 Å². The molecule has 2 aromatic rings. The van der Waals surface area contributed by atoms with E-state index in [2.05, 4.69) is 5.32 Å². The number of carbonyl (C=O) groups is 1. The number of rotatable bonds is 4. The fraction of sp³-hybridized carbons (Fsp3) is 0.300. The Morgan fingerprint density at radius 2 is 2.00 bits per heavy atom. The molecule has 24 heavy (non-hydrogen) atoms. The lowest BCUT2D eigenvalue weighted by Gasteiger charge is -2.12. The number of nitrogens with one attached hydrogen (secondary N) is 1. The Hall–Kier alpha value is -2.80. The van der Waals surface area contributed by atoms with Crippen LogP contribution in [0.1, 0.15) is 36.9 Å². The van der Waals surface area contributed by atoms with Crippen LogP contribution in [0.4, 0.5) is 0 Å². The summed E-state index contributed by atoms with van der Waals surface area (Å²) in [6.07, 6.45) is 7.90. The van der Waals surface area contributed by atoms with Crippen LogP contribution >= 0.6 is 0 Å². The Morgan fingerprint density at radius 3 is 2.71 bits per heavy atom. The Kier molecular flexibility index (Phi) is 4.81. The lowest BCUT2D eigenvalue weighted by atomic mass is 10.1. The molecule has 4 heteroatoms. The topological polar surface area (TPSA) is 57.8 Å². The summed E-state index contributed by atoms with van der Waals surface area (Å²) in [4.78, 5) is 12.4. The van der Waals surface area contributed by atoms with E-state index in [0.717, 1.165) is 42.6 Å². The van der Waals surface area contributed by atoms with E-state index in [-0.39, 0.29) is 17.5 Å². The van der Waals surface area contributed by atoms with Gasteiger partial charge in [-0.05, 0) is 49.6 Å².